The van der Waals surface area contributed by atoms with Crippen molar-refractivity contribution in [2.75, 3.05) is 0 Å². The highest BCUT2D eigenvalue weighted by atomic mass is 35.5. The van der Waals surface area contributed by atoms with Crippen LogP contribution in [-0.4, -0.2) is 10.9 Å². The van der Waals surface area contributed by atoms with Crippen LogP contribution in [0, 0.1) is 0 Å². The standard InChI is InChI=1S/C20H17ClN2O2S/c21-13-6-10-15(11-7-13)25-14-8-4-12(5-9-14)19-18-16(22-20(26)23-19)2-1-3-17(18)24/h4-11,19H,1-3H2,(H2,22,23,26). The SMILES string of the molecule is O=C1CCCC2=C1C(c1ccc(Oc3ccc(Cl)cc3)cc1)NC(=S)N2. The molecule has 1 heterocycles. The van der Waals surface area contributed by atoms with E-state index in [4.69, 9.17) is 28.6 Å². The molecule has 0 saturated carbocycles. The summed E-state index contributed by atoms with van der Waals surface area (Å²) in [5.41, 5.74) is 2.74. The zero-order valence-electron chi connectivity index (χ0n) is 13.9. The Hall–Kier alpha value is -2.37. The van der Waals surface area contributed by atoms with Crippen molar-refractivity contribution in [3.05, 3.63) is 70.4 Å². The van der Waals surface area contributed by atoms with Crippen molar-refractivity contribution >= 4 is 34.7 Å². The largest absolute Gasteiger partial charge is 0.457 e. The van der Waals surface area contributed by atoms with Crippen LogP contribution >= 0.6 is 23.8 Å². The van der Waals surface area contributed by atoms with E-state index in [9.17, 15) is 4.79 Å². The Kier molecular flexibility index (Phi) is 4.66. The number of rotatable bonds is 3. The first-order chi connectivity index (χ1) is 12.6. The van der Waals surface area contributed by atoms with Gasteiger partial charge in [0.15, 0.2) is 10.9 Å². The van der Waals surface area contributed by atoms with Crippen molar-refractivity contribution in [3.63, 3.8) is 0 Å². The Morgan fingerprint density at radius 3 is 2.35 bits per heavy atom. The predicted octanol–water partition coefficient (Wildman–Crippen LogP) is 4.66. The van der Waals surface area contributed by atoms with Gasteiger partial charge in [0.05, 0.1) is 6.04 Å². The summed E-state index contributed by atoms with van der Waals surface area (Å²) >= 11 is 11.2. The number of halogens is 1. The van der Waals surface area contributed by atoms with Gasteiger partial charge in [-0.05, 0) is 67.0 Å². The van der Waals surface area contributed by atoms with E-state index in [-0.39, 0.29) is 11.8 Å². The van der Waals surface area contributed by atoms with Crippen LogP contribution in [0.25, 0.3) is 0 Å². The van der Waals surface area contributed by atoms with E-state index in [1.165, 1.54) is 0 Å². The number of Topliss-reactive ketones (excluding diaryl/α,β-unsaturated/α-hetero) is 1. The third-order valence-corrected chi connectivity index (χ3v) is 5.02. The van der Waals surface area contributed by atoms with E-state index in [1.807, 2.05) is 36.4 Å². The molecule has 0 saturated heterocycles. The minimum absolute atomic E-state index is 0.181. The van der Waals surface area contributed by atoms with Gasteiger partial charge in [0, 0.05) is 22.7 Å². The number of hydrogen-bond donors (Lipinski definition) is 2. The Morgan fingerprint density at radius 1 is 1.00 bits per heavy atom. The van der Waals surface area contributed by atoms with Crippen molar-refractivity contribution in [3.8, 4) is 11.5 Å². The lowest BCUT2D eigenvalue weighted by Crippen LogP contribution is -2.46. The number of ketones is 1. The van der Waals surface area contributed by atoms with Gasteiger partial charge >= 0.3 is 0 Å². The van der Waals surface area contributed by atoms with Gasteiger partial charge in [0.2, 0.25) is 0 Å². The number of carbonyl (C=O) groups excluding carboxylic acids is 1. The van der Waals surface area contributed by atoms with Crippen LogP contribution in [0.5, 0.6) is 11.5 Å². The molecule has 1 aliphatic heterocycles. The molecular formula is C20H17ClN2O2S. The maximum Gasteiger partial charge on any atom is 0.171 e. The zero-order valence-corrected chi connectivity index (χ0v) is 15.5. The van der Waals surface area contributed by atoms with Crippen molar-refractivity contribution in [1.29, 1.82) is 0 Å². The molecule has 2 N–H and O–H groups in total. The summed E-state index contributed by atoms with van der Waals surface area (Å²) in [6.07, 6.45) is 2.31. The fourth-order valence-electron chi connectivity index (χ4n) is 3.32. The molecule has 2 aliphatic rings. The smallest absolute Gasteiger partial charge is 0.171 e. The van der Waals surface area contributed by atoms with E-state index in [2.05, 4.69) is 10.6 Å². The second-order valence-electron chi connectivity index (χ2n) is 6.33. The number of allylic oxidation sites excluding steroid dienone is 1. The van der Waals surface area contributed by atoms with Gasteiger partial charge in [-0.3, -0.25) is 4.79 Å². The van der Waals surface area contributed by atoms with Gasteiger partial charge in [0.25, 0.3) is 0 Å². The van der Waals surface area contributed by atoms with E-state index in [1.54, 1.807) is 12.1 Å². The van der Waals surface area contributed by atoms with Crippen LogP contribution in [0.1, 0.15) is 30.9 Å². The number of carbonyl (C=O) groups is 1. The quantitative estimate of drug-likeness (QED) is 0.754. The minimum atomic E-state index is -0.212. The van der Waals surface area contributed by atoms with Crippen molar-refractivity contribution in [1.82, 2.24) is 10.6 Å². The highest BCUT2D eigenvalue weighted by molar-refractivity contribution is 7.80. The first-order valence-corrected chi connectivity index (χ1v) is 9.26. The molecule has 2 aromatic carbocycles. The minimum Gasteiger partial charge on any atom is -0.457 e. The molecule has 0 spiro atoms. The van der Waals surface area contributed by atoms with Gasteiger partial charge in [0.1, 0.15) is 11.5 Å². The van der Waals surface area contributed by atoms with Crippen LogP contribution in [-0.2, 0) is 4.79 Å². The molecule has 132 valence electrons. The molecule has 6 heteroatoms. The maximum atomic E-state index is 12.4. The molecule has 0 bridgehead atoms. The Morgan fingerprint density at radius 2 is 1.65 bits per heavy atom. The monoisotopic (exact) mass is 384 g/mol. The Labute approximate surface area is 162 Å². The summed E-state index contributed by atoms with van der Waals surface area (Å²) in [6, 6.07) is 14.7. The normalized spacial score (nSPS) is 19.5. The van der Waals surface area contributed by atoms with Crippen molar-refractivity contribution in [2.45, 2.75) is 25.3 Å². The van der Waals surface area contributed by atoms with Gasteiger partial charge < -0.3 is 15.4 Å². The van der Waals surface area contributed by atoms with Gasteiger partial charge in [-0.1, -0.05) is 23.7 Å². The average molecular weight is 385 g/mol. The number of nitrogens with one attached hydrogen (secondary N) is 2. The first-order valence-electron chi connectivity index (χ1n) is 8.47. The van der Waals surface area contributed by atoms with E-state index in [0.29, 0.717) is 16.6 Å². The number of hydrogen-bond acceptors (Lipinski definition) is 3. The fraction of sp³-hybridized carbons (Fsp3) is 0.200. The molecule has 1 unspecified atom stereocenters. The summed E-state index contributed by atoms with van der Waals surface area (Å²) < 4.78 is 5.83. The van der Waals surface area contributed by atoms with E-state index in [0.717, 1.165) is 41.2 Å². The Balaban J connectivity index is 1.58. The van der Waals surface area contributed by atoms with Crippen LogP contribution in [0.3, 0.4) is 0 Å². The zero-order chi connectivity index (χ0) is 18.1. The van der Waals surface area contributed by atoms with Crippen molar-refractivity contribution in [2.24, 2.45) is 0 Å². The molecule has 0 fully saturated rings. The molecular weight excluding hydrogens is 368 g/mol. The number of ether oxygens (including phenoxy) is 1. The van der Waals surface area contributed by atoms with Crippen LogP contribution in [0.2, 0.25) is 5.02 Å². The Bertz CT molecular complexity index is 891. The molecule has 2 aromatic rings. The summed E-state index contributed by atoms with van der Waals surface area (Å²) in [4.78, 5) is 12.4. The number of thiocarbonyl (C=S) groups is 1. The van der Waals surface area contributed by atoms with Gasteiger partial charge in [-0.25, -0.2) is 0 Å². The summed E-state index contributed by atoms with van der Waals surface area (Å²) in [5, 5.41) is 7.59. The lowest BCUT2D eigenvalue weighted by Gasteiger charge is -2.33. The molecule has 4 rings (SSSR count). The van der Waals surface area contributed by atoms with Crippen molar-refractivity contribution < 1.29 is 9.53 Å². The molecule has 0 amide bonds. The molecule has 0 aromatic heterocycles. The highest BCUT2D eigenvalue weighted by Gasteiger charge is 2.33. The summed E-state index contributed by atoms with van der Waals surface area (Å²) in [7, 11) is 0. The van der Waals surface area contributed by atoms with Crippen LogP contribution < -0.4 is 15.4 Å². The molecule has 1 atom stereocenters. The second kappa shape index (κ2) is 7.09. The van der Waals surface area contributed by atoms with Gasteiger partial charge in [-0.15, -0.1) is 0 Å². The van der Waals surface area contributed by atoms with Gasteiger partial charge in [-0.2, -0.15) is 0 Å². The molecule has 1 aliphatic carbocycles. The van der Waals surface area contributed by atoms with E-state index < -0.39 is 0 Å². The second-order valence-corrected chi connectivity index (χ2v) is 7.17. The lowest BCUT2D eigenvalue weighted by atomic mass is 9.85. The average Bonchev–Trinajstić information content (AvgIpc) is 2.64. The van der Waals surface area contributed by atoms with Crippen LogP contribution in [0.4, 0.5) is 0 Å². The molecule has 4 nitrogen and oxygen atoms in total. The fourth-order valence-corrected chi connectivity index (χ4v) is 3.69. The maximum absolute atomic E-state index is 12.4. The number of benzene rings is 2. The predicted molar refractivity (Wildman–Crippen MR) is 105 cm³/mol. The molecule has 26 heavy (non-hydrogen) atoms. The third-order valence-electron chi connectivity index (χ3n) is 4.55. The first kappa shape index (κ1) is 17.1. The topological polar surface area (TPSA) is 50.4 Å². The van der Waals surface area contributed by atoms with E-state index >= 15 is 0 Å². The van der Waals surface area contributed by atoms with Crippen LogP contribution in [0.15, 0.2) is 59.8 Å². The molecule has 0 radical (unpaired) electrons. The third kappa shape index (κ3) is 3.45. The summed E-state index contributed by atoms with van der Waals surface area (Å²) in [6.45, 7) is 0. The lowest BCUT2D eigenvalue weighted by molar-refractivity contribution is -0.116. The summed E-state index contributed by atoms with van der Waals surface area (Å²) in [5.74, 6) is 1.62. The highest BCUT2D eigenvalue weighted by Crippen LogP contribution is 2.34.